The van der Waals surface area contributed by atoms with Crippen LogP contribution in [-0.2, 0) is 25.7 Å². The summed E-state index contributed by atoms with van der Waals surface area (Å²) < 4.78 is 39.7. The van der Waals surface area contributed by atoms with E-state index in [1.165, 1.54) is 16.7 Å². The predicted molar refractivity (Wildman–Crippen MR) is 92.7 cm³/mol. The van der Waals surface area contributed by atoms with Crippen LogP contribution in [0.2, 0.25) is 0 Å². The number of amides is 2. The van der Waals surface area contributed by atoms with E-state index >= 15 is 0 Å². The average Bonchev–Trinajstić information content (AvgIpc) is 3.09. The maximum atomic E-state index is 12.7. The van der Waals surface area contributed by atoms with Crippen molar-refractivity contribution in [3.8, 4) is 0 Å². The summed E-state index contributed by atoms with van der Waals surface area (Å²) in [4.78, 5) is 26.4. The van der Waals surface area contributed by atoms with Crippen molar-refractivity contribution < 1.29 is 27.9 Å². The van der Waals surface area contributed by atoms with Crippen molar-refractivity contribution in [2.45, 2.75) is 32.1 Å². The van der Waals surface area contributed by atoms with Gasteiger partial charge in [-0.1, -0.05) is 12.1 Å². The molecule has 10 heteroatoms. The molecule has 2 amide bonds. The monoisotopic (exact) mass is 396 g/mol. The van der Waals surface area contributed by atoms with Gasteiger partial charge in [-0.3, -0.25) is 0 Å². The fourth-order valence-corrected chi connectivity index (χ4v) is 3.06. The number of nitrogens with one attached hydrogen (secondary N) is 2. The van der Waals surface area contributed by atoms with Gasteiger partial charge in [0.25, 0.3) is 0 Å². The van der Waals surface area contributed by atoms with Gasteiger partial charge in [0.15, 0.2) is 5.69 Å². The van der Waals surface area contributed by atoms with E-state index < -0.39 is 23.9 Å². The number of urea groups is 1. The number of hydrogen-bond donors (Lipinski definition) is 3. The molecule has 0 spiro atoms. The Morgan fingerprint density at radius 3 is 2.57 bits per heavy atom. The number of aryl methyl sites for hydroxylation is 1. The van der Waals surface area contributed by atoms with Crippen LogP contribution < -0.4 is 10.6 Å². The van der Waals surface area contributed by atoms with E-state index in [4.69, 9.17) is 5.11 Å². The van der Waals surface area contributed by atoms with Crippen LogP contribution >= 0.6 is 0 Å². The highest BCUT2D eigenvalue weighted by atomic mass is 19.4. The highest BCUT2D eigenvalue weighted by Crippen LogP contribution is 2.30. The number of nitrogens with zero attached hydrogens (tertiary/aromatic N) is 2. The Morgan fingerprint density at radius 1 is 1.21 bits per heavy atom. The molecule has 0 aliphatic carbocycles. The summed E-state index contributed by atoms with van der Waals surface area (Å²) in [5.74, 6) is -0.589. The predicted octanol–water partition coefficient (Wildman–Crippen LogP) is 2.66. The fraction of sp³-hybridized carbons (Fsp3) is 0.389. The molecule has 0 saturated carbocycles. The van der Waals surface area contributed by atoms with E-state index in [1.54, 1.807) is 12.1 Å². The van der Waals surface area contributed by atoms with Gasteiger partial charge in [0, 0.05) is 32.3 Å². The second kappa shape index (κ2) is 7.91. The molecule has 0 bridgehead atoms. The summed E-state index contributed by atoms with van der Waals surface area (Å²) in [5.41, 5.74) is 0.0291. The molecular formula is C18H19F3N4O3. The van der Waals surface area contributed by atoms with Gasteiger partial charge in [-0.2, -0.15) is 13.2 Å². The normalized spacial score (nSPS) is 16.3. The number of carboxylic acids is 1. The van der Waals surface area contributed by atoms with Crippen LogP contribution in [0.3, 0.4) is 0 Å². The largest absolute Gasteiger partial charge is 0.478 e. The van der Waals surface area contributed by atoms with Gasteiger partial charge in [0.1, 0.15) is 5.82 Å². The molecule has 1 aliphatic rings. The lowest BCUT2D eigenvalue weighted by Gasteiger charge is -2.23. The van der Waals surface area contributed by atoms with E-state index in [1.807, 2.05) is 0 Å². The second-order valence-electron chi connectivity index (χ2n) is 6.66. The standard InChI is InChI=1S/C18H19F3N4O3/c19-18(20,21)14-10-25-9-12(3-6-15(25)24-14)8-23-17(28)22-7-11-1-4-13(5-2-11)16(26)27/h1-2,4-5,10,12H,3,6-9H2,(H,26,27)(H2,22,23,28). The molecule has 2 heterocycles. The Labute approximate surface area is 158 Å². The molecule has 150 valence electrons. The number of aromatic nitrogens is 2. The number of carboxylic acid groups (broad SMARTS) is 1. The molecule has 1 unspecified atom stereocenters. The van der Waals surface area contributed by atoms with Gasteiger partial charge in [0.05, 0.1) is 5.56 Å². The number of carbonyl (C=O) groups excluding carboxylic acids is 1. The number of carbonyl (C=O) groups is 2. The lowest BCUT2D eigenvalue weighted by Crippen LogP contribution is -2.39. The lowest BCUT2D eigenvalue weighted by atomic mass is 9.99. The Bertz CT molecular complexity index is 862. The maximum absolute atomic E-state index is 12.7. The molecule has 28 heavy (non-hydrogen) atoms. The summed E-state index contributed by atoms with van der Waals surface area (Å²) >= 11 is 0. The van der Waals surface area contributed by atoms with Crippen LogP contribution in [0.25, 0.3) is 0 Å². The first-order chi connectivity index (χ1) is 13.2. The summed E-state index contributed by atoms with van der Waals surface area (Å²) in [7, 11) is 0. The van der Waals surface area contributed by atoms with E-state index in [2.05, 4.69) is 15.6 Å². The van der Waals surface area contributed by atoms with Gasteiger partial charge in [-0.25, -0.2) is 14.6 Å². The van der Waals surface area contributed by atoms with Gasteiger partial charge >= 0.3 is 18.2 Å². The third-order valence-electron chi connectivity index (χ3n) is 4.59. The Hall–Kier alpha value is -3.04. The minimum atomic E-state index is -4.46. The van der Waals surface area contributed by atoms with E-state index in [9.17, 15) is 22.8 Å². The van der Waals surface area contributed by atoms with E-state index in [-0.39, 0.29) is 18.0 Å². The molecule has 1 aromatic heterocycles. The fourth-order valence-electron chi connectivity index (χ4n) is 3.06. The lowest BCUT2D eigenvalue weighted by molar-refractivity contribution is -0.141. The van der Waals surface area contributed by atoms with Crippen molar-refractivity contribution in [1.29, 1.82) is 0 Å². The van der Waals surface area contributed by atoms with Crippen LogP contribution in [-0.4, -0.2) is 33.2 Å². The third kappa shape index (κ3) is 4.81. The zero-order valence-electron chi connectivity index (χ0n) is 14.8. The number of hydrogen-bond acceptors (Lipinski definition) is 3. The average molecular weight is 396 g/mol. The molecule has 1 atom stereocenters. The number of fused-ring (bicyclic) bond motifs is 1. The summed E-state index contributed by atoms with van der Waals surface area (Å²) in [5, 5.41) is 14.2. The van der Waals surface area contributed by atoms with Gasteiger partial charge in [-0.05, 0) is 30.0 Å². The first-order valence-corrected chi connectivity index (χ1v) is 8.69. The van der Waals surface area contributed by atoms with Gasteiger partial charge < -0.3 is 20.3 Å². The molecule has 7 nitrogen and oxygen atoms in total. The number of halogens is 3. The molecule has 0 saturated heterocycles. The smallest absolute Gasteiger partial charge is 0.434 e. The SMILES string of the molecule is O=C(NCc1ccc(C(=O)O)cc1)NCC1CCc2nc(C(F)(F)F)cn2C1. The van der Waals surface area contributed by atoms with Gasteiger partial charge in [0.2, 0.25) is 0 Å². The summed E-state index contributed by atoms with van der Waals surface area (Å²) in [6.07, 6.45) is -2.37. The minimum Gasteiger partial charge on any atom is -0.478 e. The minimum absolute atomic E-state index is 0.0170. The first kappa shape index (κ1) is 19.7. The van der Waals surface area contributed by atoms with Crippen LogP contribution in [0.4, 0.5) is 18.0 Å². The zero-order valence-corrected chi connectivity index (χ0v) is 14.8. The van der Waals surface area contributed by atoms with Crippen molar-refractivity contribution in [3.05, 3.63) is 53.1 Å². The Kier molecular flexibility index (Phi) is 5.57. The Balaban J connectivity index is 1.45. The summed E-state index contributed by atoms with van der Waals surface area (Å²) in [6.45, 7) is 0.940. The van der Waals surface area contributed by atoms with E-state index in [0.29, 0.717) is 31.8 Å². The van der Waals surface area contributed by atoms with Crippen LogP contribution in [0.5, 0.6) is 0 Å². The highest BCUT2D eigenvalue weighted by Gasteiger charge is 2.35. The highest BCUT2D eigenvalue weighted by molar-refractivity contribution is 5.87. The van der Waals surface area contributed by atoms with Crippen molar-refractivity contribution in [2.75, 3.05) is 6.54 Å². The molecular weight excluding hydrogens is 377 g/mol. The van der Waals surface area contributed by atoms with Crippen LogP contribution in [0, 0.1) is 5.92 Å². The van der Waals surface area contributed by atoms with Gasteiger partial charge in [-0.15, -0.1) is 0 Å². The van der Waals surface area contributed by atoms with Crippen molar-refractivity contribution in [1.82, 2.24) is 20.2 Å². The van der Waals surface area contributed by atoms with Crippen molar-refractivity contribution in [3.63, 3.8) is 0 Å². The molecule has 2 aromatic rings. The number of imidazole rings is 1. The number of rotatable bonds is 5. The molecule has 1 aliphatic heterocycles. The third-order valence-corrected chi connectivity index (χ3v) is 4.59. The molecule has 3 N–H and O–H groups in total. The summed E-state index contributed by atoms with van der Waals surface area (Å²) in [6, 6.07) is 5.75. The first-order valence-electron chi connectivity index (χ1n) is 8.69. The zero-order chi connectivity index (χ0) is 20.3. The molecule has 3 rings (SSSR count). The van der Waals surface area contributed by atoms with E-state index in [0.717, 1.165) is 11.8 Å². The number of benzene rings is 1. The maximum Gasteiger partial charge on any atom is 0.434 e. The van der Waals surface area contributed by atoms with Crippen LogP contribution in [0.1, 0.15) is 33.9 Å². The molecule has 0 fully saturated rings. The Morgan fingerprint density at radius 2 is 1.93 bits per heavy atom. The number of aromatic carboxylic acids is 1. The molecule has 1 aromatic carbocycles. The molecule has 0 radical (unpaired) electrons. The number of alkyl halides is 3. The van der Waals surface area contributed by atoms with Crippen molar-refractivity contribution >= 4 is 12.0 Å². The van der Waals surface area contributed by atoms with Crippen LogP contribution in [0.15, 0.2) is 30.5 Å². The topological polar surface area (TPSA) is 96.2 Å². The second-order valence-corrected chi connectivity index (χ2v) is 6.66. The quantitative estimate of drug-likeness (QED) is 0.724. The van der Waals surface area contributed by atoms with Crippen molar-refractivity contribution in [2.24, 2.45) is 5.92 Å².